The third-order valence-corrected chi connectivity index (χ3v) is 4.64. The Labute approximate surface area is 130 Å². The fourth-order valence-corrected chi connectivity index (χ4v) is 2.58. The lowest BCUT2D eigenvalue weighted by Crippen LogP contribution is -2.18. The van der Waals surface area contributed by atoms with Gasteiger partial charge in [-0.3, -0.25) is 0 Å². The van der Waals surface area contributed by atoms with Crippen molar-refractivity contribution in [3.63, 3.8) is 0 Å². The zero-order valence-electron chi connectivity index (χ0n) is 12.3. The number of benzene rings is 1. The number of hydrogen-bond acceptors (Lipinski definition) is 5. The van der Waals surface area contributed by atoms with Gasteiger partial charge in [-0.15, -0.1) is 0 Å². The van der Waals surface area contributed by atoms with Crippen LogP contribution in [0, 0.1) is 0 Å². The summed E-state index contributed by atoms with van der Waals surface area (Å²) in [6.07, 6.45) is 2.13. The summed E-state index contributed by atoms with van der Waals surface area (Å²) in [5.74, 6) is 0.627. The van der Waals surface area contributed by atoms with Crippen molar-refractivity contribution in [2.45, 2.75) is 17.9 Å². The van der Waals surface area contributed by atoms with Crippen molar-refractivity contribution in [1.82, 2.24) is 9.71 Å². The van der Waals surface area contributed by atoms with E-state index in [4.69, 9.17) is 5.11 Å². The summed E-state index contributed by atoms with van der Waals surface area (Å²) in [5.41, 5.74) is 2.04. The molecule has 1 aromatic carbocycles. The molecule has 0 spiro atoms. The number of hydrogen-bond donors (Lipinski definition) is 3. The second-order valence-electron chi connectivity index (χ2n) is 4.74. The van der Waals surface area contributed by atoms with Gasteiger partial charge in [-0.25, -0.2) is 18.1 Å². The molecule has 0 aliphatic rings. The third kappa shape index (κ3) is 4.27. The van der Waals surface area contributed by atoms with Crippen LogP contribution in [0.4, 0.5) is 5.82 Å². The Morgan fingerprint density at radius 3 is 2.32 bits per heavy atom. The van der Waals surface area contributed by atoms with Crippen LogP contribution >= 0.6 is 0 Å². The van der Waals surface area contributed by atoms with Gasteiger partial charge in [0.1, 0.15) is 10.7 Å². The fourth-order valence-electron chi connectivity index (χ4n) is 1.91. The van der Waals surface area contributed by atoms with Crippen molar-refractivity contribution in [1.29, 1.82) is 0 Å². The van der Waals surface area contributed by atoms with E-state index >= 15 is 0 Å². The Hall–Kier alpha value is -1.96. The molecule has 0 atom stereocenters. The lowest BCUT2D eigenvalue weighted by molar-refractivity contribution is 0.282. The van der Waals surface area contributed by atoms with Crippen LogP contribution in [0.3, 0.4) is 0 Å². The second kappa shape index (κ2) is 7.35. The Morgan fingerprint density at radius 2 is 1.77 bits per heavy atom. The van der Waals surface area contributed by atoms with Crippen LogP contribution in [0.15, 0.2) is 47.5 Å². The van der Waals surface area contributed by atoms with E-state index in [0.717, 1.165) is 17.5 Å². The third-order valence-electron chi connectivity index (χ3n) is 3.24. The van der Waals surface area contributed by atoms with Gasteiger partial charge in [0, 0.05) is 12.7 Å². The monoisotopic (exact) mass is 321 g/mol. The number of nitrogens with one attached hydrogen (secondary N) is 2. The zero-order chi connectivity index (χ0) is 16.0. The number of anilines is 1. The minimum absolute atomic E-state index is 0.0460. The van der Waals surface area contributed by atoms with Crippen LogP contribution in [-0.2, 0) is 23.1 Å². The standard InChI is InChI=1S/C15H19N3O3S/c1-16-22(20,21)14-6-7-15(18-10-14)17-9-8-12-2-4-13(11-19)5-3-12/h2-7,10,16,19H,8-9,11H2,1H3,(H,17,18). The summed E-state index contributed by atoms with van der Waals surface area (Å²) in [6.45, 7) is 0.730. The smallest absolute Gasteiger partial charge is 0.241 e. The van der Waals surface area contributed by atoms with Gasteiger partial charge in [0.2, 0.25) is 10.0 Å². The Kier molecular flexibility index (Phi) is 5.48. The first-order valence-corrected chi connectivity index (χ1v) is 8.35. The maximum absolute atomic E-state index is 11.6. The van der Waals surface area contributed by atoms with E-state index in [1.165, 1.54) is 19.3 Å². The minimum Gasteiger partial charge on any atom is -0.392 e. The molecule has 0 amide bonds. The summed E-state index contributed by atoms with van der Waals surface area (Å²) in [4.78, 5) is 4.23. The van der Waals surface area contributed by atoms with Crippen LogP contribution in [0.2, 0.25) is 0 Å². The van der Waals surface area contributed by atoms with Crippen molar-refractivity contribution in [3.05, 3.63) is 53.7 Å². The SMILES string of the molecule is CNS(=O)(=O)c1ccc(NCCc2ccc(CO)cc2)nc1. The molecule has 2 aromatic rings. The van der Waals surface area contributed by atoms with Crippen LogP contribution in [-0.4, -0.2) is 32.1 Å². The lowest BCUT2D eigenvalue weighted by Gasteiger charge is -2.07. The number of aliphatic hydroxyl groups is 1. The molecule has 2 rings (SSSR count). The molecular formula is C15H19N3O3S. The molecule has 6 nitrogen and oxygen atoms in total. The van der Waals surface area contributed by atoms with E-state index in [9.17, 15) is 8.42 Å². The maximum Gasteiger partial charge on any atom is 0.241 e. The van der Waals surface area contributed by atoms with Crippen LogP contribution in [0.5, 0.6) is 0 Å². The van der Waals surface area contributed by atoms with Gasteiger partial charge in [0.05, 0.1) is 6.61 Å². The molecule has 1 heterocycles. The number of nitrogens with zero attached hydrogens (tertiary/aromatic N) is 1. The maximum atomic E-state index is 11.6. The molecule has 0 saturated carbocycles. The van der Waals surface area contributed by atoms with Gasteiger partial charge in [-0.1, -0.05) is 24.3 Å². The van der Waals surface area contributed by atoms with Gasteiger partial charge < -0.3 is 10.4 Å². The number of aliphatic hydroxyl groups excluding tert-OH is 1. The summed E-state index contributed by atoms with van der Waals surface area (Å²) < 4.78 is 25.4. The van der Waals surface area contributed by atoms with E-state index in [0.29, 0.717) is 12.4 Å². The number of aromatic nitrogens is 1. The highest BCUT2D eigenvalue weighted by Crippen LogP contribution is 2.10. The molecule has 7 heteroatoms. The van der Waals surface area contributed by atoms with Crippen molar-refractivity contribution in [2.24, 2.45) is 0 Å². The number of sulfonamides is 1. The molecule has 118 valence electrons. The van der Waals surface area contributed by atoms with E-state index in [1.54, 1.807) is 6.07 Å². The predicted molar refractivity (Wildman–Crippen MR) is 85.0 cm³/mol. The molecule has 0 radical (unpaired) electrons. The summed E-state index contributed by atoms with van der Waals surface area (Å²) >= 11 is 0. The van der Waals surface area contributed by atoms with Gasteiger partial charge in [0.15, 0.2) is 0 Å². The topological polar surface area (TPSA) is 91.3 Å². The van der Waals surface area contributed by atoms with Crippen molar-refractivity contribution < 1.29 is 13.5 Å². The van der Waals surface area contributed by atoms with Crippen molar-refractivity contribution in [2.75, 3.05) is 18.9 Å². The highest BCUT2D eigenvalue weighted by molar-refractivity contribution is 7.89. The Balaban J connectivity index is 1.89. The molecule has 0 bridgehead atoms. The van der Waals surface area contributed by atoms with Gasteiger partial charge in [-0.2, -0.15) is 0 Å². The van der Waals surface area contributed by atoms with Crippen LogP contribution in [0.25, 0.3) is 0 Å². The average molecular weight is 321 g/mol. The molecule has 0 fully saturated rings. The molecule has 0 saturated heterocycles. The minimum atomic E-state index is -3.45. The highest BCUT2D eigenvalue weighted by atomic mass is 32.2. The van der Waals surface area contributed by atoms with Gasteiger partial charge >= 0.3 is 0 Å². The molecule has 22 heavy (non-hydrogen) atoms. The normalized spacial score (nSPS) is 11.4. The lowest BCUT2D eigenvalue weighted by atomic mass is 10.1. The number of rotatable bonds is 7. The van der Waals surface area contributed by atoms with Gasteiger partial charge in [-0.05, 0) is 36.7 Å². The van der Waals surface area contributed by atoms with E-state index in [1.807, 2.05) is 24.3 Å². The quantitative estimate of drug-likeness (QED) is 0.711. The van der Waals surface area contributed by atoms with Crippen molar-refractivity contribution >= 4 is 15.8 Å². The number of pyridine rings is 1. The van der Waals surface area contributed by atoms with Gasteiger partial charge in [0.25, 0.3) is 0 Å². The first-order valence-electron chi connectivity index (χ1n) is 6.87. The first kappa shape index (κ1) is 16.4. The Morgan fingerprint density at radius 1 is 1.09 bits per heavy atom. The van der Waals surface area contributed by atoms with Crippen LogP contribution in [0.1, 0.15) is 11.1 Å². The molecule has 3 N–H and O–H groups in total. The second-order valence-corrected chi connectivity index (χ2v) is 6.62. The Bertz CT molecular complexity index is 698. The highest BCUT2D eigenvalue weighted by Gasteiger charge is 2.10. The predicted octanol–water partition coefficient (Wildman–Crippen LogP) is 1.14. The molecule has 0 aliphatic carbocycles. The largest absolute Gasteiger partial charge is 0.392 e. The van der Waals surface area contributed by atoms with E-state index in [2.05, 4.69) is 15.0 Å². The summed E-state index contributed by atoms with van der Waals surface area (Å²) in [6, 6.07) is 10.9. The summed E-state index contributed by atoms with van der Waals surface area (Å²) in [5, 5.41) is 12.1. The fraction of sp³-hybridized carbons (Fsp3) is 0.267. The molecule has 0 unspecified atom stereocenters. The molecule has 0 aliphatic heterocycles. The van der Waals surface area contributed by atoms with Crippen molar-refractivity contribution in [3.8, 4) is 0 Å². The van der Waals surface area contributed by atoms with E-state index in [-0.39, 0.29) is 11.5 Å². The van der Waals surface area contributed by atoms with E-state index < -0.39 is 10.0 Å². The summed E-state index contributed by atoms with van der Waals surface area (Å²) in [7, 11) is -2.08. The first-order chi connectivity index (χ1) is 10.5. The molecule has 1 aromatic heterocycles. The molecular weight excluding hydrogens is 302 g/mol. The zero-order valence-corrected chi connectivity index (χ0v) is 13.1. The average Bonchev–Trinajstić information content (AvgIpc) is 2.56. The van der Waals surface area contributed by atoms with Crippen LogP contribution < -0.4 is 10.0 Å².